The molecule has 0 radical (unpaired) electrons. The van der Waals surface area contributed by atoms with E-state index < -0.39 is 6.10 Å². The third kappa shape index (κ3) is 4.61. The second kappa shape index (κ2) is 6.90. The Morgan fingerprint density at radius 1 is 1.24 bits per heavy atom. The number of aryl methyl sites for hydroxylation is 2. The first-order valence-electron chi connectivity index (χ1n) is 6.81. The fourth-order valence-electron chi connectivity index (χ4n) is 1.86. The fourth-order valence-corrected chi connectivity index (χ4v) is 1.86. The van der Waals surface area contributed by atoms with Gasteiger partial charge in [0.2, 0.25) is 5.91 Å². The van der Waals surface area contributed by atoms with Gasteiger partial charge in [0, 0.05) is 12.6 Å². The van der Waals surface area contributed by atoms with Gasteiger partial charge in [-0.25, -0.2) is 0 Å². The summed E-state index contributed by atoms with van der Waals surface area (Å²) >= 11 is 0. The third-order valence-electron chi connectivity index (χ3n) is 3.09. The van der Waals surface area contributed by atoms with Crippen LogP contribution in [0.25, 0.3) is 6.08 Å². The first kappa shape index (κ1) is 15.1. The van der Waals surface area contributed by atoms with Crippen molar-refractivity contribution in [3.63, 3.8) is 0 Å². The van der Waals surface area contributed by atoms with E-state index in [2.05, 4.69) is 5.32 Å². The average molecular weight is 285 g/mol. The molecule has 4 heteroatoms. The predicted molar refractivity (Wildman–Crippen MR) is 81.6 cm³/mol. The third-order valence-corrected chi connectivity index (χ3v) is 3.09. The lowest BCUT2D eigenvalue weighted by molar-refractivity contribution is -0.116. The highest BCUT2D eigenvalue weighted by Crippen LogP contribution is 2.12. The molecule has 1 aromatic heterocycles. The zero-order valence-corrected chi connectivity index (χ0v) is 12.2. The Bertz CT molecular complexity index is 626. The molecule has 2 rings (SSSR count). The van der Waals surface area contributed by atoms with Crippen molar-refractivity contribution in [3.05, 3.63) is 65.1 Å². The van der Waals surface area contributed by atoms with Crippen molar-refractivity contribution < 1.29 is 14.3 Å². The van der Waals surface area contributed by atoms with Crippen LogP contribution in [0, 0.1) is 13.8 Å². The maximum atomic E-state index is 11.7. The second-order valence-electron chi connectivity index (χ2n) is 4.95. The minimum Gasteiger partial charge on any atom is -0.462 e. The summed E-state index contributed by atoms with van der Waals surface area (Å²) in [6.45, 7) is 4.00. The number of carbonyl (C=O) groups is 1. The van der Waals surface area contributed by atoms with Crippen molar-refractivity contribution in [3.8, 4) is 0 Å². The van der Waals surface area contributed by atoms with Crippen molar-refractivity contribution in [2.45, 2.75) is 20.0 Å². The number of rotatable bonds is 5. The summed E-state index contributed by atoms with van der Waals surface area (Å²) in [5.74, 6) is 1.15. The van der Waals surface area contributed by atoms with E-state index in [4.69, 9.17) is 4.42 Å². The molecule has 4 nitrogen and oxygen atoms in total. The molecular weight excluding hydrogens is 266 g/mol. The van der Waals surface area contributed by atoms with Gasteiger partial charge in [-0.3, -0.25) is 4.79 Å². The monoisotopic (exact) mass is 285 g/mol. The van der Waals surface area contributed by atoms with Gasteiger partial charge < -0.3 is 14.8 Å². The lowest BCUT2D eigenvalue weighted by Gasteiger charge is -2.11. The van der Waals surface area contributed by atoms with Gasteiger partial charge in [-0.15, -0.1) is 0 Å². The van der Waals surface area contributed by atoms with E-state index in [0.717, 1.165) is 16.9 Å². The maximum absolute atomic E-state index is 11.7. The summed E-state index contributed by atoms with van der Waals surface area (Å²) < 4.78 is 5.32. The van der Waals surface area contributed by atoms with Gasteiger partial charge in [-0.1, -0.05) is 29.8 Å². The van der Waals surface area contributed by atoms with Gasteiger partial charge >= 0.3 is 0 Å². The van der Waals surface area contributed by atoms with Crippen molar-refractivity contribution in [1.29, 1.82) is 0 Å². The number of furan rings is 1. The van der Waals surface area contributed by atoms with Crippen molar-refractivity contribution in [2.75, 3.05) is 6.54 Å². The molecule has 1 aromatic carbocycles. The normalized spacial score (nSPS) is 12.5. The molecule has 0 saturated heterocycles. The van der Waals surface area contributed by atoms with E-state index in [-0.39, 0.29) is 12.5 Å². The number of hydrogen-bond donors (Lipinski definition) is 2. The van der Waals surface area contributed by atoms with Crippen molar-refractivity contribution in [1.82, 2.24) is 5.32 Å². The van der Waals surface area contributed by atoms with Gasteiger partial charge in [0.15, 0.2) is 0 Å². The molecule has 0 bridgehead atoms. The van der Waals surface area contributed by atoms with Gasteiger partial charge in [-0.05, 0) is 37.6 Å². The number of benzene rings is 1. The molecule has 0 fully saturated rings. The smallest absolute Gasteiger partial charge is 0.244 e. The van der Waals surface area contributed by atoms with Gasteiger partial charge in [0.05, 0.1) is 6.10 Å². The van der Waals surface area contributed by atoms with Crippen molar-refractivity contribution in [2.24, 2.45) is 0 Å². The SMILES string of the molecule is Cc1ccc(C(O)CNC(=O)/C=C/c2ccc(C)o2)cc1. The zero-order valence-electron chi connectivity index (χ0n) is 12.2. The lowest BCUT2D eigenvalue weighted by atomic mass is 10.1. The summed E-state index contributed by atoms with van der Waals surface area (Å²) in [7, 11) is 0. The predicted octanol–water partition coefficient (Wildman–Crippen LogP) is 2.76. The largest absolute Gasteiger partial charge is 0.462 e. The summed E-state index contributed by atoms with van der Waals surface area (Å²) in [5, 5.41) is 12.6. The lowest BCUT2D eigenvalue weighted by Crippen LogP contribution is -2.26. The summed E-state index contributed by atoms with van der Waals surface area (Å²) in [6, 6.07) is 11.2. The number of hydrogen-bond acceptors (Lipinski definition) is 3. The first-order valence-corrected chi connectivity index (χ1v) is 6.81. The van der Waals surface area contributed by atoms with E-state index in [1.807, 2.05) is 44.2 Å². The zero-order chi connectivity index (χ0) is 15.2. The van der Waals surface area contributed by atoms with Gasteiger partial charge in [0.25, 0.3) is 0 Å². The molecule has 1 heterocycles. The standard InChI is InChI=1S/C17H19NO3/c1-12-3-6-14(7-4-12)16(19)11-18-17(20)10-9-15-8-5-13(2)21-15/h3-10,16,19H,11H2,1-2H3,(H,18,20)/b10-9+. The topological polar surface area (TPSA) is 62.5 Å². The van der Waals surface area contributed by atoms with Gasteiger partial charge in [-0.2, -0.15) is 0 Å². The maximum Gasteiger partial charge on any atom is 0.244 e. The molecule has 0 aliphatic carbocycles. The van der Waals surface area contributed by atoms with Crippen LogP contribution < -0.4 is 5.32 Å². The Morgan fingerprint density at radius 2 is 1.95 bits per heavy atom. The molecule has 0 aliphatic rings. The molecule has 21 heavy (non-hydrogen) atoms. The molecule has 0 spiro atoms. The molecule has 1 unspecified atom stereocenters. The molecule has 0 aliphatic heterocycles. The van der Waals surface area contributed by atoms with Crippen LogP contribution in [-0.4, -0.2) is 17.6 Å². The Morgan fingerprint density at radius 3 is 2.57 bits per heavy atom. The highest BCUT2D eigenvalue weighted by Gasteiger charge is 2.08. The van der Waals surface area contributed by atoms with Crippen molar-refractivity contribution >= 4 is 12.0 Å². The molecule has 1 atom stereocenters. The van der Waals surface area contributed by atoms with Crippen LogP contribution in [0.15, 0.2) is 46.9 Å². The number of amides is 1. The number of nitrogens with one attached hydrogen (secondary N) is 1. The van der Waals surface area contributed by atoms with Crippen LogP contribution in [0.4, 0.5) is 0 Å². The minimum atomic E-state index is -0.714. The van der Waals surface area contributed by atoms with Crippen LogP contribution in [0.2, 0.25) is 0 Å². The minimum absolute atomic E-state index is 0.170. The summed E-state index contributed by atoms with van der Waals surface area (Å²) in [6.07, 6.45) is 2.27. The van der Waals surface area contributed by atoms with Crippen LogP contribution in [-0.2, 0) is 4.79 Å². The van der Waals surface area contributed by atoms with Gasteiger partial charge in [0.1, 0.15) is 11.5 Å². The Hall–Kier alpha value is -2.33. The number of carbonyl (C=O) groups excluding carboxylic acids is 1. The highest BCUT2D eigenvalue weighted by molar-refractivity contribution is 5.91. The molecule has 1 amide bonds. The molecule has 2 aromatic rings. The Labute approximate surface area is 124 Å². The van der Waals surface area contributed by atoms with E-state index in [1.54, 1.807) is 12.1 Å². The quantitative estimate of drug-likeness (QED) is 0.830. The molecule has 2 N–H and O–H groups in total. The highest BCUT2D eigenvalue weighted by atomic mass is 16.3. The number of aliphatic hydroxyl groups is 1. The first-order chi connectivity index (χ1) is 10.0. The molecular formula is C17H19NO3. The Kier molecular flexibility index (Phi) is 4.95. The van der Waals surface area contributed by atoms with Crippen LogP contribution in [0.5, 0.6) is 0 Å². The van der Waals surface area contributed by atoms with E-state index in [1.165, 1.54) is 6.08 Å². The number of aliphatic hydroxyl groups excluding tert-OH is 1. The summed E-state index contributed by atoms with van der Waals surface area (Å²) in [4.78, 5) is 11.7. The van der Waals surface area contributed by atoms with Crippen LogP contribution >= 0.6 is 0 Å². The molecule has 110 valence electrons. The molecule has 0 saturated carbocycles. The van der Waals surface area contributed by atoms with Crippen LogP contribution in [0.1, 0.15) is 28.8 Å². The average Bonchev–Trinajstić information content (AvgIpc) is 2.89. The van der Waals surface area contributed by atoms with E-state index >= 15 is 0 Å². The fraction of sp³-hybridized carbons (Fsp3) is 0.235. The Balaban J connectivity index is 1.83. The van der Waals surface area contributed by atoms with E-state index in [9.17, 15) is 9.90 Å². The van der Waals surface area contributed by atoms with Crippen LogP contribution in [0.3, 0.4) is 0 Å². The second-order valence-corrected chi connectivity index (χ2v) is 4.95. The summed E-state index contributed by atoms with van der Waals surface area (Å²) in [5.41, 5.74) is 1.91. The van der Waals surface area contributed by atoms with E-state index in [0.29, 0.717) is 5.76 Å².